The van der Waals surface area contributed by atoms with Crippen LogP contribution in [0.4, 0.5) is 34.1 Å². The van der Waals surface area contributed by atoms with Crippen LogP contribution in [0.1, 0.15) is 23.6 Å². The second-order valence-corrected chi connectivity index (χ2v) is 13.0. The fraction of sp³-hybridized carbons (Fsp3) is 0.120. The maximum atomic E-state index is 13.0. The van der Waals surface area contributed by atoms with Gasteiger partial charge in [0.2, 0.25) is 0 Å². The summed E-state index contributed by atoms with van der Waals surface area (Å²) in [7, 11) is 6.15. The van der Waals surface area contributed by atoms with Crippen LogP contribution in [0.3, 0.4) is 0 Å². The van der Waals surface area contributed by atoms with E-state index in [4.69, 9.17) is 18.9 Å². The molecule has 58 heavy (non-hydrogen) atoms. The Morgan fingerprint density at radius 1 is 0.431 bits per heavy atom. The molecule has 0 unspecified atom stereocenters. The first-order chi connectivity index (χ1) is 28.2. The minimum Gasteiger partial charge on any atom is -0.497 e. The van der Waals surface area contributed by atoms with E-state index in [9.17, 15) is 9.59 Å². The van der Waals surface area contributed by atoms with Crippen molar-refractivity contribution < 1.29 is 28.5 Å². The van der Waals surface area contributed by atoms with E-state index in [0.717, 1.165) is 56.9 Å². The molecule has 0 heterocycles. The molecule has 0 aliphatic rings. The number of methoxy groups -OCH3 is 4. The molecule has 0 aliphatic heterocycles. The lowest BCUT2D eigenvalue weighted by molar-refractivity contribution is -0.135. The summed E-state index contributed by atoms with van der Waals surface area (Å²) in [5.74, 6) is 13.0. The molecule has 0 spiro atoms. The number of esters is 1. The van der Waals surface area contributed by atoms with E-state index < -0.39 is 11.8 Å². The lowest BCUT2D eigenvalue weighted by atomic mass is 10.0. The average Bonchev–Trinajstić information content (AvgIpc) is 3.27. The number of nitrogens with zero attached hydrogens (tertiary/aromatic N) is 2. The third-order valence-corrected chi connectivity index (χ3v) is 9.19. The number of carbonyl (C=O) groups is 2. The highest BCUT2D eigenvalue weighted by atomic mass is 16.5. The van der Waals surface area contributed by atoms with Gasteiger partial charge in [-0.25, -0.2) is 4.79 Å². The van der Waals surface area contributed by atoms with Crippen molar-refractivity contribution in [1.29, 1.82) is 0 Å². The Bertz CT molecular complexity index is 2470. The minimum atomic E-state index is -0.751. The van der Waals surface area contributed by atoms with Crippen molar-refractivity contribution in [3.63, 3.8) is 0 Å². The van der Waals surface area contributed by atoms with Gasteiger partial charge in [0.25, 0.3) is 0 Å². The van der Waals surface area contributed by atoms with Gasteiger partial charge in [-0.2, -0.15) is 0 Å². The Balaban J connectivity index is 1.30. The van der Waals surface area contributed by atoms with Crippen molar-refractivity contribution in [3.05, 3.63) is 173 Å². The van der Waals surface area contributed by atoms with Crippen LogP contribution in [0.15, 0.2) is 157 Å². The molecule has 0 fully saturated rings. The lowest BCUT2D eigenvalue weighted by Gasteiger charge is -2.25. The molecule has 0 bridgehead atoms. The van der Waals surface area contributed by atoms with Crippen LogP contribution < -0.4 is 24.0 Å². The number of hydrogen-bond acceptors (Lipinski definition) is 8. The molecule has 8 nitrogen and oxygen atoms in total. The molecule has 6 rings (SSSR count). The lowest BCUT2D eigenvalue weighted by Crippen LogP contribution is -2.10. The summed E-state index contributed by atoms with van der Waals surface area (Å²) in [6, 6.07) is 46.9. The van der Waals surface area contributed by atoms with Gasteiger partial charge in [-0.15, -0.1) is 0 Å². The van der Waals surface area contributed by atoms with Crippen LogP contribution in [-0.4, -0.2) is 40.2 Å². The quantitative estimate of drug-likeness (QED) is 0.0733. The van der Waals surface area contributed by atoms with E-state index in [1.807, 2.05) is 121 Å². The Kier molecular flexibility index (Phi) is 12.9. The molecule has 6 aromatic carbocycles. The molecule has 0 amide bonds. The molecular weight excluding hydrogens is 725 g/mol. The van der Waals surface area contributed by atoms with E-state index in [0.29, 0.717) is 11.1 Å². The largest absolute Gasteiger partial charge is 0.497 e. The van der Waals surface area contributed by atoms with Gasteiger partial charge in [0, 0.05) is 45.3 Å². The van der Waals surface area contributed by atoms with E-state index >= 15 is 0 Å². The number of aryl methyl sites for hydroxylation is 1. The van der Waals surface area contributed by atoms with Crippen molar-refractivity contribution >= 4 is 45.9 Å². The summed E-state index contributed by atoms with van der Waals surface area (Å²) >= 11 is 0. The van der Waals surface area contributed by atoms with Crippen molar-refractivity contribution in [1.82, 2.24) is 0 Å². The molecule has 0 saturated heterocycles. The molecule has 8 heteroatoms. The van der Waals surface area contributed by atoms with E-state index in [-0.39, 0.29) is 11.1 Å². The number of ketones is 1. The van der Waals surface area contributed by atoms with Gasteiger partial charge in [-0.1, -0.05) is 41.4 Å². The van der Waals surface area contributed by atoms with Crippen LogP contribution in [0.5, 0.6) is 17.2 Å². The maximum absolute atomic E-state index is 13.0. The van der Waals surface area contributed by atoms with Crippen LogP contribution in [0, 0.1) is 30.6 Å². The molecule has 0 aliphatic carbocycles. The zero-order valence-electron chi connectivity index (χ0n) is 33.2. The highest BCUT2D eigenvalue weighted by Gasteiger charge is 2.18. The number of carbonyl (C=O) groups excluding carboxylic acids is 2. The second-order valence-electron chi connectivity index (χ2n) is 13.0. The summed E-state index contributed by atoms with van der Waals surface area (Å²) < 4.78 is 21.2. The Morgan fingerprint density at radius 2 is 0.724 bits per heavy atom. The standard InChI is InChI=1S/C50H42N2O6/c1-35-7-15-39(16-8-35)51(42-21-27-45(55-3)28-22-42)40-19-11-38(12-20-40)14-34-49(50(54)58-6)48(36(2)53)33-13-37-9-17-41(18-10-37)52(43-23-29-46(56-4)30-24-43)44-25-31-47(57-5)32-26-44/h7-12,15-32H,1-6H3/b49-48+. The highest BCUT2D eigenvalue weighted by Crippen LogP contribution is 2.37. The summed E-state index contributed by atoms with van der Waals surface area (Å²) in [5.41, 5.74) is 7.82. The highest BCUT2D eigenvalue weighted by molar-refractivity contribution is 6.08. The zero-order valence-corrected chi connectivity index (χ0v) is 33.2. The monoisotopic (exact) mass is 766 g/mol. The Hall–Kier alpha value is -7.68. The van der Waals surface area contributed by atoms with Crippen LogP contribution >= 0.6 is 0 Å². The predicted octanol–water partition coefficient (Wildman–Crippen LogP) is 10.4. The first-order valence-corrected chi connectivity index (χ1v) is 18.4. The van der Waals surface area contributed by atoms with Crippen molar-refractivity contribution in [2.24, 2.45) is 0 Å². The van der Waals surface area contributed by atoms with Crippen molar-refractivity contribution in [2.45, 2.75) is 13.8 Å². The van der Waals surface area contributed by atoms with Crippen LogP contribution in [0.25, 0.3) is 0 Å². The van der Waals surface area contributed by atoms with Crippen molar-refractivity contribution in [2.75, 3.05) is 38.2 Å². The molecule has 0 radical (unpaired) electrons. The molecule has 0 aromatic heterocycles. The first-order valence-electron chi connectivity index (χ1n) is 18.4. The van der Waals surface area contributed by atoms with Crippen molar-refractivity contribution in [3.8, 4) is 40.9 Å². The van der Waals surface area contributed by atoms with Gasteiger partial charge in [0.05, 0.1) is 34.0 Å². The summed E-state index contributed by atoms with van der Waals surface area (Å²) in [4.78, 5) is 30.2. The number of ether oxygens (including phenoxy) is 4. The first kappa shape index (κ1) is 40.0. The number of allylic oxidation sites excluding steroid dienone is 1. The summed E-state index contributed by atoms with van der Waals surface area (Å²) in [5, 5.41) is 0. The van der Waals surface area contributed by atoms with Gasteiger partial charge in [-0.05, 0) is 147 Å². The Morgan fingerprint density at radius 3 is 1.02 bits per heavy atom. The molecular formula is C50H42N2O6. The van der Waals surface area contributed by atoms with Gasteiger partial charge >= 0.3 is 5.97 Å². The van der Waals surface area contributed by atoms with Gasteiger partial charge in [0.1, 0.15) is 22.8 Å². The zero-order chi connectivity index (χ0) is 41.0. The normalized spacial score (nSPS) is 10.7. The van der Waals surface area contributed by atoms with E-state index in [1.54, 1.807) is 21.3 Å². The Labute approximate surface area is 339 Å². The van der Waals surface area contributed by atoms with Crippen LogP contribution in [-0.2, 0) is 14.3 Å². The number of benzene rings is 6. The number of anilines is 6. The van der Waals surface area contributed by atoms with Gasteiger partial charge < -0.3 is 28.7 Å². The van der Waals surface area contributed by atoms with E-state index in [1.165, 1.54) is 14.0 Å². The smallest absolute Gasteiger partial charge is 0.347 e. The second kappa shape index (κ2) is 18.8. The topological polar surface area (TPSA) is 77.5 Å². The van der Waals surface area contributed by atoms with Gasteiger partial charge in [-0.3, -0.25) is 4.79 Å². The fourth-order valence-corrected chi connectivity index (χ4v) is 6.08. The molecule has 6 aromatic rings. The summed E-state index contributed by atoms with van der Waals surface area (Å²) in [6.07, 6.45) is 0. The average molecular weight is 767 g/mol. The van der Waals surface area contributed by atoms with E-state index in [2.05, 4.69) is 64.7 Å². The third kappa shape index (κ3) is 9.57. The molecule has 288 valence electrons. The van der Waals surface area contributed by atoms with Gasteiger partial charge in [0.15, 0.2) is 5.78 Å². The maximum Gasteiger partial charge on any atom is 0.347 e. The summed E-state index contributed by atoms with van der Waals surface area (Å²) in [6.45, 7) is 3.41. The predicted molar refractivity (Wildman–Crippen MR) is 230 cm³/mol. The number of hydrogen-bond donors (Lipinski definition) is 0. The molecule has 0 atom stereocenters. The fourth-order valence-electron chi connectivity index (χ4n) is 6.08. The number of rotatable bonds is 11. The SMILES string of the molecule is COC(=O)/C(C#Cc1ccc(N(c2ccc(C)cc2)c2ccc(OC)cc2)cc1)=C(\C#Cc1ccc(N(c2ccc(OC)cc2)c2ccc(OC)cc2)cc1)C(C)=O. The van der Waals surface area contributed by atoms with Crippen LogP contribution in [0.2, 0.25) is 0 Å². The molecule has 0 saturated carbocycles. The molecule has 0 N–H and O–H groups in total. The minimum absolute atomic E-state index is 0.0387. The number of Topliss-reactive ketones (excluding diaryl/α,β-unsaturated/α-hetero) is 1. The third-order valence-electron chi connectivity index (χ3n) is 9.19.